The standard InChI is InChI=1S/C13H18N4O/c14-10-2-1-9-7-12(13(18)16-11(9)8-10)17-5-3-15-4-6-17/h1-2,8,12,15H,3-7,14H2,(H,16,18). The average molecular weight is 246 g/mol. The van der Waals surface area contributed by atoms with Gasteiger partial charge < -0.3 is 16.4 Å². The van der Waals surface area contributed by atoms with Crippen LogP contribution in [0, 0.1) is 0 Å². The number of hydrogen-bond donors (Lipinski definition) is 3. The Bertz CT molecular complexity index is 468. The van der Waals surface area contributed by atoms with Gasteiger partial charge in [0.05, 0.1) is 6.04 Å². The molecule has 1 aromatic carbocycles. The van der Waals surface area contributed by atoms with Crippen LogP contribution >= 0.6 is 0 Å². The van der Waals surface area contributed by atoms with Crippen molar-refractivity contribution in [2.75, 3.05) is 37.2 Å². The van der Waals surface area contributed by atoms with Crippen molar-refractivity contribution in [3.63, 3.8) is 0 Å². The van der Waals surface area contributed by atoms with E-state index in [2.05, 4.69) is 15.5 Å². The first-order chi connectivity index (χ1) is 8.74. The lowest BCUT2D eigenvalue weighted by Gasteiger charge is -2.36. The van der Waals surface area contributed by atoms with E-state index in [0.29, 0.717) is 5.69 Å². The minimum atomic E-state index is -0.0387. The molecule has 1 saturated heterocycles. The molecule has 0 bridgehead atoms. The van der Waals surface area contributed by atoms with Crippen molar-refractivity contribution in [2.45, 2.75) is 12.5 Å². The molecule has 0 aliphatic carbocycles. The zero-order valence-electron chi connectivity index (χ0n) is 10.3. The zero-order chi connectivity index (χ0) is 12.5. The maximum Gasteiger partial charge on any atom is 0.242 e. The van der Waals surface area contributed by atoms with E-state index in [-0.39, 0.29) is 11.9 Å². The predicted molar refractivity (Wildman–Crippen MR) is 71.4 cm³/mol. The fourth-order valence-corrected chi connectivity index (χ4v) is 2.69. The zero-order valence-corrected chi connectivity index (χ0v) is 10.3. The summed E-state index contributed by atoms with van der Waals surface area (Å²) in [6, 6.07) is 5.70. The van der Waals surface area contributed by atoms with E-state index in [4.69, 9.17) is 5.73 Å². The molecule has 2 aliphatic rings. The van der Waals surface area contributed by atoms with Crippen molar-refractivity contribution in [1.29, 1.82) is 0 Å². The van der Waals surface area contributed by atoms with E-state index in [1.165, 1.54) is 5.56 Å². The summed E-state index contributed by atoms with van der Waals surface area (Å²) in [4.78, 5) is 14.4. The Morgan fingerprint density at radius 2 is 2.06 bits per heavy atom. The second-order valence-corrected chi connectivity index (χ2v) is 4.91. The first-order valence-electron chi connectivity index (χ1n) is 6.38. The molecule has 0 radical (unpaired) electrons. The van der Waals surface area contributed by atoms with Gasteiger partial charge in [-0.2, -0.15) is 0 Å². The Morgan fingerprint density at radius 1 is 1.28 bits per heavy atom. The van der Waals surface area contributed by atoms with Crippen LogP contribution in [0.5, 0.6) is 0 Å². The van der Waals surface area contributed by atoms with Gasteiger partial charge in [-0.1, -0.05) is 6.07 Å². The fourth-order valence-electron chi connectivity index (χ4n) is 2.69. The Hall–Kier alpha value is -1.59. The Labute approximate surface area is 106 Å². The number of piperazine rings is 1. The second-order valence-electron chi connectivity index (χ2n) is 4.91. The van der Waals surface area contributed by atoms with Gasteiger partial charge in [-0.3, -0.25) is 9.69 Å². The third-order valence-electron chi connectivity index (χ3n) is 3.70. The summed E-state index contributed by atoms with van der Waals surface area (Å²) in [5, 5.41) is 6.27. The average Bonchev–Trinajstić information content (AvgIpc) is 2.39. The van der Waals surface area contributed by atoms with Gasteiger partial charge in [-0.05, 0) is 24.1 Å². The molecule has 1 fully saturated rings. The van der Waals surface area contributed by atoms with Crippen LogP contribution in [0.3, 0.4) is 0 Å². The molecule has 4 N–H and O–H groups in total. The SMILES string of the molecule is Nc1ccc2c(c1)NC(=O)C(N1CCNCC1)C2. The maximum atomic E-state index is 12.2. The van der Waals surface area contributed by atoms with Crippen LogP contribution in [0.1, 0.15) is 5.56 Å². The van der Waals surface area contributed by atoms with Crippen molar-refractivity contribution >= 4 is 17.3 Å². The topological polar surface area (TPSA) is 70.4 Å². The summed E-state index contributed by atoms with van der Waals surface area (Å²) in [5.74, 6) is 0.0926. The molecule has 5 nitrogen and oxygen atoms in total. The van der Waals surface area contributed by atoms with E-state index in [0.717, 1.165) is 38.3 Å². The highest BCUT2D eigenvalue weighted by Gasteiger charge is 2.31. The first-order valence-corrected chi connectivity index (χ1v) is 6.38. The van der Waals surface area contributed by atoms with E-state index < -0.39 is 0 Å². The number of benzene rings is 1. The van der Waals surface area contributed by atoms with Gasteiger partial charge in [0, 0.05) is 37.6 Å². The van der Waals surface area contributed by atoms with E-state index in [1.54, 1.807) is 0 Å². The van der Waals surface area contributed by atoms with Crippen molar-refractivity contribution in [3.8, 4) is 0 Å². The number of nitrogens with one attached hydrogen (secondary N) is 2. The summed E-state index contributed by atoms with van der Waals surface area (Å²) >= 11 is 0. The molecule has 3 rings (SSSR count). The number of hydrogen-bond acceptors (Lipinski definition) is 4. The van der Waals surface area contributed by atoms with Crippen LogP contribution in [0.4, 0.5) is 11.4 Å². The maximum absolute atomic E-state index is 12.2. The molecule has 5 heteroatoms. The molecular weight excluding hydrogens is 228 g/mol. The molecule has 2 aliphatic heterocycles. The molecule has 2 heterocycles. The quantitative estimate of drug-likeness (QED) is 0.612. The molecule has 0 spiro atoms. The van der Waals surface area contributed by atoms with Crippen molar-refractivity contribution < 1.29 is 4.79 Å². The molecule has 1 aromatic rings. The minimum Gasteiger partial charge on any atom is -0.399 e. The normalized spacial score (nSPS) is 24.4. The summed E-state index contributed by atoms with van der Waals surface area (Å²) in [6.45, 7) is 3.78. The van der Waals surface area contributed by atoms with Crippen LogP contribution in [0.25, 0.3) is 0 Å². The largest absolute Gasteiger partial charge is 0.399 e. The van der Waals surface area contributed by atoms with Crippen molar-refractivity contribution in [2.24, 2.45) is 0 Å². The molecule has 96 valence electrons. The van der Waals surface area contributed by atoms with Gasteiger partial charge in [-0.15, -0.1) is 0 Å². The van der Waals surface area contributed by atoms with Crippen molar-refractivity contribution in [1.82, 2.24) is 10.2 Å². The van der Waals surface area contributed by atoms with Crippen LogP contribution in [-0.4, -0.2) is 43.0 Å². The summed E-state index contributed by atoms with van der Waals surface area (Å²) < 4.78 is 0. The van der Waals surface area contributed by atoms with Crippen LogP contribution in [0.15, 0.2) is 18.2 Å². The first kappa shape index (κ1) is 11.5. The smallest absolute Gasteiger partial charge is 0.242 e. The molecule has 1 atom stereocenters. The molecular formula is C13H18N4O. The lowest BCUT2D eigenvalue weighted by atomic mass is 9.97. The second kappa shape index (κ2) is 4.59. The highest BCUT2D eigenvalue weighted by atomic mass is 16.2. The van der Waals surface area contributed by atoms with Gasteiger partial charge in [0.2, 0.25) is 5.91 Å². The molecule has 0 saturated carbocycles. The minimum absolute atomic E-state index is 0.0387. The lowest BCUT2D eigenvalue weighted by molar-refractivity contribution is -0.121. The van der Waals surface area contributed by atoms with E-state index in [1.807, 2.05) is 18.2 Å². The number of carbonyl (C=O) groups is 1. The summed E-state index contributed by atoms with van der Waals surface area (Å²) in [6.07, 6.45) is 0.779. The highest BCUT2D eigenvalue weighted by molar-refractivity contribution is 5.98. The Morgan fingerprint density at radius 3 is 2.83 bits per heavy atom. The number of rotatable bonds is 1. The fraction of sp³-hybridized carbons (Fsp3) is 0.462. The molecule has 1 amide bonds. The van der Waals surface area contributed by atoms with Gasteiger partial charge in [0.1, 0.15) is 0 Å². The number of nitrogen functional groups attached to an aromatic ring is 1. The molecule has 18 heavy (non-hydrogen) atoms. The molecule has 1 unspecified atom stereocenters. The van der Waals surface area contributed by atoms with Crippen molar-refractivity contribution in [3.05, 3.63) is 23.8 Å². The third kappa shape index (κ3) is 2.07. The van der Waals surface area contributed by atoms with Gasteiger partial charge in [0.25, 0.3) is 0 Å². The third-order valence-corrected chi connectivity index (χ3v) is 3.70. The van der Waals surface area contributed by atoms with E-state index >= 15 is 0 Å². The Kier molecular flexibility index (Phi) is 2.93. The summed E-state index contributed by atoms with van der Waals surface area (Å²) in [7, 11) is 0. The number of nitrogens with zero attached hydrogens (tertiary/aromatic N) is 1. The van der Waals surface area contributed by atoms with Gasteiger partial charge >= 0.3 is 0 Å². The monoisotopic (exact) mass is 246 g/mol. The predicted octanol–water partition coefficient (Wildman–Crippen LogP) is 0.0372. The Balaban J connectivity index is 1.82. The van der Waals surface area contributed by atoms with Gasteiger partial charge in [-0.25, -0.2) is 0 Å². The van der Waals surface area contributed by atoms with Crippen LogP contribution < -0.4 is 16.4 Å². The number of amides is 1. The number of carbonyl (C=O) groups excluding carboxylic acids is 1. The van der Waals surface area contributed by atoms with Gasteiger partial charge in [0.15, 0.2) is 0 Å². The number of nitrogens with two attached hydrogens (primary N) is 1. The lowest BCUT2D eigenvalue weighted by Crippen LogP contribution is -2.54. The van der Waals surface area contributed by atoms with E-state index in [9.17, 15) is 4.79 Å². The van der Waals surface area contributed by atoms with Crippen LogP contribution in [-0.2, 0) is 11.2 Å². The number of fused-ring (bicyclic) bond motifs is 1. The number of anilines is 2. The molecule has 0 aromatic heterocycles. The van der Waals surface area contributed by atoms with Crippen LogP contribution in [0.2, 0.25) is 0 Å². The summed E-state index contributed by atoms with van der Waals surface area (Å²) in [5.41, 5.74) is 8.46. The highest BCUT2D eigenvalue weighted by Crippen LogP contribution is 2.26.